The lowest BCUT2D eigenvalue weighted by Crippen LogP contribution is -2.53. The summed E-state index contributed by atoms with van der Waals surface area (Å²) in [6.45, 7) is 0.208. The summed E-state index contributed by atoms with van der Waals surface area (Å²) in [5.74, 6) is -8.01. The zero-order chi connectivity index (χ0) is 49.2. The minimum atomic E-state index is -1.55. The first-order valence-electron chi connectivity index (χ1n) is 21.2. The number of benzene rings is 1. The van der Waals surface area contributed by atoms with Gasteiger partial charge in [-0.3, -0.25) is 38.7 Å². The molecule has 0 bridgehead atoms. The molecule has 1 saturated heterocycles. The number of hydrogen-bond acceptors (Lipinski definition) is 13. The number of carboxylic acid groups (broad SMARTS) is 7. The average molecular weight is 956 g/mol. The van der Waals surface area contributed by atoms with Crippen molar-refractivity contribution < 1.29 is 78.9 Å². The highest BCUT2D eigenvalue weighted by molar-refractivity contribution is 7.80. The number of rotatable bonds is 26. The summed E-state index contributed by atoms with van der Waals surface area (Å²) in [5, 5.41) is 79.5. The number of carboxylic acids is 6. The molecular weight excluding hydrogens is 895 g/mol. The summed E-state index contributed by atoms with van der Waals surface area (Å²) in [5.41, 5.74) is 1.41. The van der Waals surface area contributed by atoms with Crippen LogP contribution in [0.1, 0.15) is 56.9 Å². The van der Waals surface area contributed by atoms with Crippen molar-refractivity contribution >= 4 is 76.9 Å². The molecule has 1 unspecified atom stereocenters. The van der Waals surface area contributed by atoms with Crippen LogP contribution >= 0.6 is 12.2 Å². The fourth-order valence-corrected chi connectivity index (χ4v) is 7.06. The van der Waals surface area contributed by atoms with Crippen molar-refractivity contribution in [1.82, 2.24) is 40.9 Å². The fourth-order valence-electron chi connectivity index (χ4n) is 6.84. The Hall–Kier alpha value is -6.38. The van der Waals surface area contributed by atoms with Crippen molar-refractivity contribution in [1.29, 1.82) is 0 Å². The maximum atomic E-state index is 12.4. The SMILES string of the molecule is O=C(O)CC[C@H](NC(=O)N[C@@H](CCC(=O)NCCCCCCNC(=S)Nc1ccc(CC2CN(C(=O)O)CCN(CC(=O)O)CCN(CC(=O)O)CCN2CC(=O)O)cc1)C(=O)O)C(=O)O. The molecule has 1 aromatic rings. The molecule has 25 nitrogen and oxygen atoms in total. The number of urea groups is 1. The minimum Gasteiger partial charge on any atom is -0.481 e. The third-order valence-corrected chi connectivity index (χ3v) is 10.6. The van der Waals surface area contributed by atoms with Gasteiger partial charge in [-0.15, -0.1) is 0 Å². The molecule has 0 aromatic heterocycles. The lowest BCUT2D eigenvalue weighted by atomic mass is 10.0. The molecule has 26 heteroatoms. The largest absolute Gasteiger partial charge is 0.481 e. The van der Waals surface area contributed by atoms with E-state index in [9.17, 15) is 73.8 Å². The van der Waals surface area contributed by atoms with Gasteiger partial charge in [-0.1, -0.05) is 25.0 Å². The highest BCUT2D eigenvalue weighted by Gasteiger charge is 2.29. The van der Waals surface area contributed by atoms with Crippen molar-refractivity contribution in [3.8, 4) is 0 Å². The zero-order valence-corrected chi connectivity index (χ0v) is 37.2. The van der Waals surface area contributed by atoms with E-state index >= 15 is 0 Å². The number of carbonyl (C=O) groups excluding carboxylic acids is 2. The molecule has 0 saturated carbocycles. The summed E-state index contributed by atoms with van der Waals surface area (Å²) in [6, 6.07) is 2.30. The van der Waals surface area contributed by atoms with Crippen LogP contribution in [-0.2, 0) is 40.0 Å². The van der Waals surface area contributed by atoms with E-state index in [1.807, 2.05) is 5.32 Å². The monoisotopic (exact) mass is 955 g/mol. The molecular formula is C40H61N9O16S. The molecule has 2 rings (SSSR count). The van der Waals surface area contributed by atoms with Crippen LogP contribution in [0.15, 0.2) is 24.3 Å². The smallest absolute Gasteiger partial charge is 0.407 e. The number of carbonyl (C=O) groups is 9. The Morgan fingerprint density at radius 1 is 0.606 bits per heavy atom. The molecule has 1 aliphatic heterocycles. The zero-order valence-electron chi connectivity index (χ0n) is 36.4. The predicted molar refractivity (Wildman–Crippen MR) is 237 cm³/mol. The first kappa shape index (κ1) is 55.8. The highest BCUT2D eigenvalue weighted by atomic mass is 32.1. The summed E-state index contributed by atoms with van der Waals surface area (Å²) in [6.07, 6.45) is 0.463. The number of thiocarbonyl (C=S) groups is 1. The van der Waals surface area contributed by atoms with Crippen LogP contribution in [0.3, 0.4) is 0 Å². The van der Waals surface area contributed by atoms with Crippen molar-refractivity contribution in [2.24, 2.45) is 0 Å². The van der Waals surface area contributed by atoms with Gasteiger partial charge in [0.05, 0.1) is 19.6 Å². The van der Waals surface area contributed by atoms with Gasteiger partial charge in [0.1, 0.15) is 12.1 Å². The van der Waals surface area contributed by atoms with Crippen molar-refractivity contribution in [3.05, 3.63) is 29.8 Å². The molecule has 1 heterocycles. The summed E-state index contributed by atoms with van der Waals surface area (Å²) >= 11 is 5.43. The maximum absolute atomic E-state index is 12.4. The van der Waals surface area contributed by atoms with Crippen LogP contribution in [0, 0.1) is 0 Å². The fraction of sp³-hybridized carbons (Fsp3) is 0.600. The third kappa shape index (κ3) is 24.1. The van der Waals surface area contributed by atoms with Crippen LogP contribution in [0.2, 0.25) is 0 Å². The number of hydrogen-bond donors (Lipinski definition) is 12. The number of aliphatic carboxylic acids is 6. The van der Waals surface area contributed by atoms with Gasteiger partial charge in [0.2, 0.25) is 5.91 Å². The first-order valence-corrected chi connectivity index (χ1v) is 21.6. The Labute approximate surface area is 385 Å². The van der Waals surface area contributed by atoms with Crippen LogP contribution in [-0.4, -0.2) is 211 Å². The number of nitrogens with one attached hydrogen (secondary N) is 5. The number of nitrogens with zero attached hydrogens (tertiary/aromatic N) is 4. The van der Waals surface area contributed by atoms with E-state index in [0.29, 0.717) is 30.3 Å². The second kappa shape index (κ2) is 29.9. The van der Waals surface area contributed by atoms with Crippen LogP contribution < -0.4 is 26.6 Å². The van der Waals surface area contributed by atoms with E-state index in [0.717, 1.165) is 29.7 Å². The normalized spacial score (nSPS) is 16.2. The van der Waals surface area contributed by atoms with E-state index in [2.05, 4.69) is 21.3 Å². The molecule has 4 amide bonds. The van der Waals surface area contributed by atoms with Crippen molar-refractivity contribution in [3.63, 3.8) is 0 Å². The van der Waals surface area contributed by atoms with Gasteiger partial charge in [0, 0.05) is 83.5 Å². The van der Waals surface area contributed by atoms with E-state index in [-0.39, 0.29) is 78.2 Å². The maximum Gasteiger partial charge on any atom is 0.407 e. The van der Waals surface area contributed by atoms with E-state index < -0.39 is 91.4 Å². The Morgan fingerprint density at radius 3 is 1.61 bits per heavy atom. The average Bonchev–Trinajstić information content (AvgIpc) is 3.22. The van der Waals surface area contributed by atoms with Crippen molar-refractivity contribution in [2.75, 3.05) is 83.9 Å². The molecule has 3 atom stereocenters. The Kier molecular flexibility index (Phi) is 25.3. The van der Waals surface area contributed by atoms with E-state index in [4.69, 9.17) is 17.3 Å². The lowest BCUT2D eigenvalue weighted by Gasteiger charge is -2.37. The predicted octanol–water partition coefficient (Wildman–Crippen LogP) is -0.435. The van der Waals surface area contributed by atoms with Gasteiger partial charge in [-0.2, -0.15) is 0 Å². The topological polar surface area (TPSA) is 368 Å². The molecule has 1 fully saturated rings. The molecule has 0 aliphatic carbocycles. The standard InChI is InChI=1S/C40H61N9O16S/c50-31(11-9-29(36(59)60)44-38(63)45-30(37(61)62)10-12-32(51)52)41-13-3-1-2-4-14-42-39(66)43-27-7-5-26(6-8-27)21-28-22-49(40(64)65)20-18-47(24-34(55)56)16-15-46(23-33(53)54)17-19-48(28)25-35(57)58/h5-8,28-30H,1-4,9-25H2,(H,41,50)(H,51,52)(H,53,54)(H,55,56)(H,57,58)(H,59,60)(H,61,62)(H,64,65)(H2,42,43,66)(H2,44,45,63)/t28?,29-,30-/m0/s1. The van der Waals surface area contributed by atoms with E-state index in [1.165, 1.54) is 4.90 Å². The Morgan fingerprint density at radius 2 is 1.11 bits per heavy atom. The van der Waals surface area contributed by atoms with Gasteiger partial charge in [-0.05, 0) is 62.0 Å². The summed E-state index contributed by atoms with van der Waals surface area (Å²) in [7, 11) is 0. The van der Waals surface area contributed by atoms with Crippen LogP contribution in [0.5, 0.6) is 0 Å². The molecule has 12 N–H and O–H groups in total. The lowest BCUT2D eigenvalue weighted by molar-refractivity contribution is -0.141. The first-order chi connectivity index (χ1) is 31.2. The van der Waals surface area contributed by atoms with Crippen LogP contribution in [0.4, 0.5) is 15.3 Å². The number of anilines is 1. The highest BCUT2D eigenvalue weighted by Crippen LogP contribution is 2.16. The Bertz CT molecular complexity index is 1820. The number of unbranched alkanes of at least 4 members (excludes halogenated alkanes) is 3. The summed E-state index contributed by atoms with van der Waals surface area (Å²) in [4.78, 5) is 111. The molecule has 1 aromatic carbocycles. The van der Waals surface area contributed by atoms with Gasteiger partial charge in [0.25, 0.3) is 0 Å². The quantitative estimate of drug-likeness (QED) is 0.0414. The molecule has 1 aliphatic rings. The van der Waals surface area contributed by atoms with Crippen molar-refractivity contribution in [2.45, 2.75) is 75.9 Å². The second-order valence-corrected chi connectivity index (χ2v) is 15.9. The number of amides is 4. The van der Waals surface area contributed by atoms with Gasteiger partial charge < -0.3 is 67.2 Å². The van der Waals surface area contributed by atoms with Crippen LogP contribution in [0.25, 0.3) is 0 Å². The second-order valence-electron chi connectivity index (χ2n) is 15.5. The molecule has 0 radical (unpaired) electrons. The van der Waals surface area contributed by atoms with Gasteiger partial charge >= 0.3 is 47.9 Å². The molecule has 0 spiro atoms. The van der Waals surface area contributed by atoms with E-state index in [1.54, 1.807) is 34.1 Å². The minimum absolute atomic E-state index is 0.0595. The molecule has 368 valence electrons. The Balaban J connectivity index is 1.84. The van der Waals surface area contributed by atoms with Gasteiger partial charge in [-0.25, -0.2) is 19.2 Å². The summed E-state index contributed by atoms with van der Waals surface area (Å²) < 4.78 is 0. The molecule has 66 heavy (non-hydrogen) atoms. The third-order valence-electron chi connectivity index (χ3n) is 10.3. The van der Waals surface area contributed by atoms with Gasteiger partial charge in [0.15, 0.2) is 5.11 Å².